The first-order valence-corrected chi connectivity index (χ1v) is 9.90. The van der Waals surface area contributed by atoms with E-state index in [0.717, 1.165) is 11.1 Å². The van der Waals surface area contributed by atoms with Gasteiger partial charge in [0.15, 0.2) is 0 Å². The number of rotatable bonds is 5. The van der Waals surface area contributed by atoms with Crippen molar-refractivity contribution >= 4 is 29.2 Å². The van der Waals surface area contributed by atoms with Gasteiger partial charge in [0, 0.05) is 25.1 Å². The number of nitrogens with zero attached hydrogens (tertiary/aromatic N) is 2. The molecule has 2 atom stereocenters. The molecule has 1 aromatic carbocycles. The summed E-state index contributed by atoms with van der Waals surface area (Å²) in [5.41, 5.74) is 2.62. The molecule has 1 saturated heterocycles. The maximum atomic E-state index is 14.9. The zero-order chi connectivity index (χ0) is 21.4. The van der Waals surface area contributed by atoms with Crippen LogP contribution in [0.25, 0.3) is 5.57 Å². The van der Waals surface area contributed by atoms with E-state index in [1.165, 1.54) is 23.0 Å². The van der Waals surface area contributed by atoms with Gasteiger partial charge in [-0.2, -0.15) is 0 Å². The molecule has 2 amide bonds. The minimum atomic E-state index is -0.541. The molecule has 3 heterocycles. The number of esters is 1. The summed E-state index contributed by atoms with van der Waals surface area (Å²) in [4.78, 5) is 38.4. The number of carbonyl (C=O) groups is 3. The Labute approximate surface area is 172 Å². The largest absolute Gasteiger partial charge is 0.469 e. The van der Waals surface area contributed by atoms with Crippen LogP contribution in [0.15, 0.2) is 18.2 Å². The molecule has 0 aliphatic carbocycles. The van der Waals surface area contributed by atoms with Crippen LogP contribution in [0.1, 0.15) is 30.4 Å². The van der Waals surface area contributed by atoms with Crippen molar-refractivity contribution in [3.63, 3.8) is 0 Å². The summed E-state index contributed by atoms with van der Waals surface area (Å²) in [6.45, 7) is 0.196. The van der Waals surface area contributed by atoms with Crippen molar-refractivity contribution in [2.45, 2.75) is 37.8 Å². The van der Waals surface area contributed by atoms with Crippen molar-refractivity contribution in [2.24, 2.45) is 0 Å². The van der Waals surface area contributed by atoms with E-state index in [4.69, 9.17) is 9.84 Å². The molecule has 0 bridgehead atoms. The van der Waals surface area contributed by atoms with Crippen LogP contribution in [-0.4, -0.2) is 66.9 Å². The third-order valence-corrected chi connectivity index (χ3v) is 5.97. The third kappa shape index (κ3) is 3.54. The number of ether oxygens (including phenoxy) is 2. The zero-order valence-electron chi connectivity index (χ0n) is 16.6. The molecule has 0 radical (unpaired) electrons. The third-order valence-electron chi connectivity index (χ3n) is 5.97. The summed E-state index contributed by atoms with van der Waals surface area (Å²) in [6.07, 6.45) is 2.30. The second-order valence-corrected chi connectivity index (χ2v) is 7.62. The molecule has 30 heavy (non-hydrogen) atoms. The summed E-state index contributed by atoms with van der Waals surface area (Å²) in [6, 6.07) is 2.86. The van der Waals surface area contributed by atoms with E-state index >= 15 is 0 Å². The number of methoxy groups -OCH3 is 1. The molecule has 0 aromatic heterocycles. The van der Waals surface area contributed by atoms with Crippen molar-refractivity contribution < 1.29 is 33.4 Å². The van der Waals surface area contributed by atoms with Crippen LogP contribution in [0.5, 0.6) is 0 Å². The van der Waals surface area contributed by atoms with Crippen molar-refractivity contribution in [1.29, 1.82) is 0 Å². The number of hydrogen-bond donors (Lipinski definition) is 1. The number of hydrogen-bond acceptors (Lipinski definition) is 6. The molecule has 0 spiro atoms. The van der Waals surface area contributed by atoms with E-state index < -0.39 is 24.6 Å². The zero-order valence-corrected chi connectivity index (χ0v) is 16.6. The average molecular weight is 418 g/mol. The van der Waals surface area contributed by atoms with Crippen LogP contribution in [0.2, 0.25) is 0 Å². The lowest BCUT2D eigenvalue weighted by Crippen LogP contribution is -2.36. The quantitative estimate of drug-likeness (QED) is 0.731. The Bertz CT molecular complexity index is 930. The van der Waals surface area contributed by atoms with Crippen molar-refractivity contribution in [2.75, 3.05) is 31.7 Å². The van der Waals surface area contributed by atoms with E-state index in [2.05, 4.69) is 4.74 Å². The maximum Gasteiger partial charge on any atom is 0.415 e. The van der Waals surface area contributed by atoms with Gasteiger partial charge < -0.3 is 19.5 Å². The van der Waals surface area contributed by atoms with Gasteiger partial charge in [0.05, 0.1) is 18.8 Å². The normalized spacial score (nSPS) is 22.4. The maximum absolute atomic E-state index is 14.9. The molecule has 8 nitrogen and oxygen atoms in total. The predicted molar refractivity (Wildman–Crippen MR) is 104 cm³/mol. The Hall–Kier alpha value is -2.94. The number of amides is 2. The number of halogens is 1. The standard InChI is InChI=1S/C21H23FN2O6/c1-29-20(27)3-2-18-17-9-13-8-14(12-4-6-23(7-5-12)19(26)11-25)15(22)10-16(13)24(17)21(28)30-18/h4,8,10,17-18,25H,2-3,5-7,9,11H2,1H3/t17-,18-/m0/s1. The molecule has 3 aliphatic heterocycles. The number of fused-ring (bicyclic) bond motifs is 3. The number of carbonyl (C=O) groups excluding carboxylic acids is 3. The van der Waals surface area contributed by atoms with Crippen molar-refractivity contribution in [1.82, 2.24) is 4.90 Å². The number of aliphatic hydroxyl groups excluding tert-OH is 1. The van der Waals surface area contributed by atoms with Crippen molar-refractivity contribution in [3.8, 4) is 0 Å². The Morgan fingerprint density at radius 1 is 1.37 bits per heavy atom. The fraction of sp³-hybridized carbons (Fsp3) is 0.476. The number of anilines is 1. The van der Waals surface area contributed by atoms with Gasteiger partial charge in [-0.1, -0.05) is 6.08 Å². The molecule has 0 saturated carbocycles. The molecule has 1 aromatic rings. The van der Waals surface area contributed by atoms with Gasteiger partial charge in [0.25, 0.3) is 0 Å². The topological polar surface area (TPSA) is 96.4 Å². The Balaban J connectivity index is 1.54. The first kappa shape index (κ1) is 20.3. The van der Waals surface area contributed by atoms with E-state index in [-0.39, 0.29) is 24.3 Å². The number of aliphatic hydroxyl groups is 1. The molecule has 9 heteroatoms. The lowest BCUT2D eigenvalue weighted by Gasteiger charge is -2.26. The monoisotopic (exact) mass is 418 g/mol. The Morgan fingerprint density at radius 3 is 2.83 bits per heavy atom. The molecule has 1 fully saturated rings. The lowest BCUT2D eigenvalue weighted by atomic mass is 9.95. The second kappa shape index (κ2) is 8.06. The highest BCUT2D eigenvalue weighted by molar-refractivity contribution is 5.94. The van der Waals surface area contributed by atoms with E-state index in [9.17, 15) is 18.8 Å². The van der Waals surface area contributed by atoms with Gasteiger partial charge in [0.1, 0.15) is 18.5 Å². The smallest absolute Gasteiger partial charge is 0.415 e. The van der Waals surface area contributed by atoms with Crippen LogP contribution in [-0.2, 0) is 25.5 Å². The van der Waals surface area contributed by atoms with Gasteiger partial charge in [-0.3, -0.25) is 14.5 Å². The Morgan fingerprint density at radius 2 is 2.17 bits per heavy atom. The molecule has 3 aliphatic rings. The highest BCUT2D eigenvalue weighted by atomic mass is 19.1. The van der Waals surface area contributed by atoms with Crippen LogP contribution in [0.3, 0.4) is 0 Å². The van der Waals surface area contributed by atoms with E-state index in [1.54, 1.807) is 12.1 Å². The summed E-state index contributed by atoms with van der Waals surface area (Å²) in [5, 5.41) is 8.98. The van der Waals surface area contributed by atoms with Crippen molar-refractivity contribution in [3.05, 3.63) is 35.2 Å². The SMILES string of the molecule is COC(=O)CC[C@@H]1OC(=O)N2c3cc(F)c(C4=CCN(C(=O)CO)CC4)cc3C[C@@H]12. The lowest BCUT2D eigenvalue weighted by molar-refractivity contribution is -0.141. The summed E-state index contributed by atoms with van der Waals surface area (Å²) < 4.78 is 25.0. The molecule has 1 N–H and O–H groups in total. The average Bonchev–Trinajstić information content (AvgIpc) is 3.27. The van der Waals surface area contributed by atoms with Gasteiger partial charge in [-0.15, -0.1) is 0 Å². The van der Waals surface area contributed by atoms with Gasteiger partial charge in [-0.05, 0) is 42.5 Å². The highest BCUT2D eigenvalue weighted by Crippen LogP contribution is 2.42. The minimum Gasteiger partial charge on any atom is -0.469 e. The second-order valence-electron chi connectivity index (χ2n) is 7.62. The highest BCUT2D eigenvalue weighted by Gasteiger charge is 2.47. The van der Waals surface area contributed by atoms with Crippen LogP contribution >= 0.6 is 0 Å². The number of benzene rings is 1. The van der Waals surface area contributed by atoms with Crippen LogP contribution in [0.4, 0.5) is 14.9 Å². The minimum absolute atomic E-state index is 0.144. The first-order chi connectivity index (χ1) is 14.4. The van der Waals surface area contributed by atoms with Crippen LogP contribution in [0, 0.1) is 5.82 Å². The van der Waals surface area contributed by atoms with E-state index in [0.29, 0.717) is 43.6 Å². The van der Waals surface area contributed by atoms with Gasteiger partial charge in [0.2, 0.25) is 5.91 Å². The first-order valence-electron chi connectivity index (χ1n) is 9.90. The summed E-state index contributed by atoms with van der Waals surface area (Å²) in [5.74, 6) is -1.16. The van der Waals surface area contributed by atoms with Crippen LogP contribution < -0.4 is 4.90 Å². The molecule has 0 unspecified atom stereocenters. The van der Waals surface area contributed by atoms with Gasteiger partial charge in [-0.25, -0.2) is 9.18 Å². The fourth-order valence-corrected chi connectivity index (χ4v) is 4.39. The van der Waals surface area contributed by atoms with Gasteiger partial charge >= 0.3 is 12.1 Å². The molecule has 4 rings (SSSR count). The summed E-state index contributed by atoms with van der Waals surface area (Å²) in [7, 11) is 1.31. The number of cyclic esters (lactones) is 1. The predicted octanol–water partition coefficient (Wildman–Crippen LogP) is 1.64. The Kier molecular flexibility index (Phi) is 5.46. The van der Waals surface area contributed by atoms with E-state index in [1.807, 2.05) is 0 Å². The summed E-state index contributed by atoms with van der Waals surface area (Å²) >= 11 is 0. The molecular formula is C21H23FN2O6. The fourth-order valence-electron chi connectivity index (χ4n) is 4.39. The molecule has 160 valence electrons. The molecular weight excluding hydrogens is 395 g/mol.